The number of hydrogen-bond acceptors (Lipinski definition) is 0. The van der Waals surface area contributed by atoms with Crippen LogP contribution in [-0.4, -0.2) is 15.0 Å². The zero-order chi connectivity index (χ0) is 20.4. The number of fused-ring (bicyclic) bond motifs is 5. The van der Waals surface area contributed by atoms with E-state index in [9.17, 15) is 0 Å². The maximum atomic E-state index is 3.84. The lowest BCUT2D eigenvalue weighted by atomic mass is 9.74. The van der Waals surface area contributed by atoms with Crippen LogP contribution in [0, 0.1) is 0 Å². The first kappa shape index (κ1) is 17.0. The lowest BCUT2D eigenvalue weighted by Crippen LogP contribution is -2.15. The highest BCUT2D eigenvalue weighted by molar-refractivity contribution is 5.91. The Kier molecular flexibility index (Phi) is 3.50. The smallest absolute Gasteiger partial charge is 0.0459 e. The fraction of sp³-hybridized carbons (Fsp3) is 0.143. The number of aromatic nitrogens is 3. The molecular formula is C28H23N3. The van der Waals surface area contributed by atoms with Crippen LogP contribution in [0.1, 0.15) is 47.1 Å². The Bertz CT molecular complexity index is 1560. The van der Waals surface area contributed by atoms with Gasteiger partial charge in [-0.15, -0.1) is 0 Å². The molecule has 3 aromatic carbocycles. The Hall–Kier alpha value is -3.72. The summed E-state index contributed by atoms with van der Waals surface area (Å²) in [4.78, 5) is 10.8. The first-order valence-electron chi connectivity index (χ1n) is 11.1. The minimum atomic E-state index is 0.375. The van der Waals surface area contributed by atoms with E-state index in [0.717, 1.165) is 12.8 Å². The van der Waals surface area contributed by atoms with Crippen molar-refractivity contribution in [2.45, 2.75) is 24.7 Å². The van der Waals surface area contributed by atoms with E-state index < -0.39 is 0 Å². The molecule has 3 heterocycles. The second-order valence-electron chi connectivity index (χ2n) is 8.76. The Morgan fingerprint density at radius 3 is 1.74 bits per heavy atom. The van der Waals surface area contributed by atoms with Crippen LogP contribution < -0.4 is 0 Å². The predicted molar refractivity (Wildman–Crippen MR) is 128 cm³/mol. The zero-order valence-electron chi connectivity index (χ0n) is 17.2. The third kappa shape index (κ3) is 2.40. The topological polar surface area (TPSA) is 47.4 Å². The molecule has 0 spiro atoms. The van der Waals surface area contributed by atoms with Gasteiger partial charge in [0.15, 0.2) is 0 Å². The fourth-order valence-corrected chi connectivity index (χ4v) is 5.84. The van der Waals surface area contributed by atoms with Crippen LogP contribution in [0.15, 0.2) is 85.2 Å². The molecule has 31 heavy (non-hydrogen) atoms. The first-order valence-corrected chi connectivity index (χ1v) is 11.1. The van der Waals surface area contributed by atoms with Gasteiger partial charge in [-0.1, -0.05) is 54.6 Å². The van der Waals surface area contributed by atoms with Crippen LogP contribution >= 0.6 is 0 Å². The molecule has 150 valence electrons. The fourth-order valence-electron chi connectivity index (χ4n) is 5.84. The molecule has 0 bridgehead atoms. The molecule has 6 aromatic rings. The summed E-state index contributed by atoms with van der Waals surface area (Å²) >= 11 is 0. The van der Waals surface area contributed by atoms with Crippen LogP contribution in [0.3, 0.4) is 0 Å². The van der Waals surface area contributed by atoms with Crippen LogP contribution in [0.5, 0.6) is 0 Å². The van der Waals surface area contributed by atoms with Crippen LogP contribution in [0.4, 0.5) is 0 Å². The van der Waals surface area contributed by atoms with Gasteiger partial charge >= 0.3 is 0 Å². The Labute approximate surface area is 180 Å². The van der Waals surface area contributed by atoms with Crippen LogP contribution in [0.2, 0.25) is 0 Å². The molecule has 2 atom stereocenters. The molecule has 0 saturated heterocycles. The van der Waals surface area contributed by atoms with Crippen molar-refractivity contribution in [3.05, 3.63) is 108 Å². The maximum Gasteiger partial charge on any atom is 0.0459 e. The number of benzene rings is 3. The molecule has 7 rings (SSSR count). The minimum absolute atomic E-state index is 0.375. The van der Waals surface area contributed by atoms with Crippen LogP contribution in [-0.2, 0) is 0 Å². The molecule has 1 aliphatic carbocycles. The second-order valence-corrected chi connectivity index (χ2v) is 8.76. The number of aromatic amines is 3. The highest BCUT2D eigenvalue weighted by Crippen LogP contribution is 2.49. The molecule has 0 fully saturated rings. The van der Waals surface area contributed by atoms with E-state index >= 15 is 0 Å². The quantitative estimate of drug-likeness (QED) is 0.275. The third-order valence-electron chi connectivity index (χ3n) is 7.21. The van der Waals surface area contributed by atoms with Crippen molar-refractivity contribution in [3.63, 3.8) is 0 Å². The largest absolute Gasteiger partial charge is 0.361 e. The van der Waals surface area contributed by atoms with Gasteiger partial charge in [-0.05, 0) is 47.7 Å². The predicted octanol–water partition coefficient (Wildman–Crippen LogP) is 7.19. The Balaban J connectivity index is 1.47. The summed E-state index contributed by atoms with van der Waals surface area (Å²) in [6.45, 7) is 0. The summed E-state index contributed by atoms with van der Waals surface area (Å²) < 4.78 is 0. The summed E-state index contributed by atoms with van der Waals surface area (Å²) in [5, 5.41) is 4.04. The molecule has 0 unspecified atom stereocenters. The molecule has 3 nitrogen and oxygen atoms in total. The Morgan fingerprint density at radius 1 is 0.548 bits per heavy atom. The number of para-hydroxylation sites is 3. The van der Waals surface area contributed by atoms with Gasteiger partial charge in [-0.3, -0.25) is 0 Å². The molecule has 1 aliphatic rings. The molecule has 3 heteroatoms. The van der Waals surface area contributed by atoms with E-state index in [4.69, 9.17) is 0 Å². The maximum absolute atomic E-state index is 3.84. The van der Waals surface area contributed by atoms with E-state index in [0.29, 0.717) is 11.8 Å². The molecule has 3 aromatic heterocycles. The number of hydrogen-bond donors (Lipinski definition) is 3. The summed E-state index contributed by atoms with van der Waals surface area (Å²) in [5.74, 6) is 0.767. The van der Waals surface area contributed by atoms with E-state index in [2.05, 4.69) is 100 Å². The summed E-state index contributed by atoms with van der Waals surface area (Å²) in [7, 11) is 0. The number of rotatable bonds is 2. The van der Waals surface area contributed by atoms with Crippen molar-refractivity contribution in [3.8, 4) is 0 Å². The van der Waals surface area contributed by atoms with Gasteiger partial charge in [-0.2, -0.15) is 0 Å². The van der Waals surface area contributed by atoms with Gasteiger partial charge in [0.2, 0.25) is 0 Å². The van der Waals surface area contributed by atoms with Gasteiger partial charge in [0.1, 0.15) is 0 Å². The molecule has 0 amide bonds. The van der Waals surface area contributed by atoms with Gasteiger partial charge in [0.05, 0.1) is 0 Å². The van der Waals surface area contributed by atoms with E-state index in [1.807, 2.05) is 0 Å². The van der Waals surface area contributed by atoms with Gasteiger partial charge in [0, 0.05) is 62.6 Å². The van der Waals surface area contributed by atoms with E-state index in [1.165, 1.54) is 55.1 Å². The second kappa shape index (κ2) is 6.39. The molecule has 0 saturated carbocycles. The van der Waals surface area contributed by atoms with E-state index in [-0.39, 0.29) is 0 Å². The average molecular weight is 402 g/mol. The van der Waals surface area contributed by atoms with Gasteiger partial charge in [-0.25, -0.2) is 0 Å². The monoisotopic (exact) mass is 401 g/mol. The van der Waals surface area contributed by atoms with Crippen molar-refractivity contribution in [2.75, 3.05) is 0 Å². The van der Waals surface area contributed by atoms with Crippen molar-refractivity contribution >= 4 is 32.7 Å². The van der Waals surface area contributed by atoms with Crippen molar-refractivity contribution in [1.82, 2.24) is 15.0 Å². The lowest BCUT2D eigenvalue weighted by molar-refractivity contribution is 0.565. The number of nitrogens with one attached hydrogen (secondary N) is 3. The van der Waals surface area contributed by atoms with Crippen molar-refractivity contribution < 1.29 is 0 Å². The summed E-state index contributed by atoms with van der Waals surface area (Å²) in [5.41, 5.74) is 9.35. The van der Waals surface area contributed by atoms with Crippen LogP contribution in [0.25, 0.3) is 32.7 Å². The third-order valence-corrected chi connectivity index (χ3v) is 7.21. The minimum Gasteiger partial charge on any atom is -0.361 e. The average Bonchev–Trinajstić information content (AvgIpc) is 3.53. The SMILES string of the molecule is c1ccc2c([C@@H]3CC[C@@H](c4c[nH]c5ccccc45)c4c3[nH]c3ccccc43)c[nH]c2c1. The molecule has 3 N–H and O–H groups in total. The highest BCUT2D eigenvalue weighted by Gasteiger charge is 2.34. The molecular weight excluding hydrogens is 378 g/mol. The summed E-state index contributed by atoms with van der Waals surface area (Å²) in [6, 6.07) is 26.1. The van der Waals surface area contributed by atoms with Crippen molar-refractivity contribution in [2.24, 2.45) is 0 Å². The zero-order valence-corrected chi connectivity index (χ0v) is 17.2. The lowest BCUT2D eigenvalue weighted by Gasteiger charge is -2.29. The van der Waals surface area contributed by atoms with Crippen molar-refractivity contribution in [1.29, 1.82) is 0 Å². The van der Waals surface area contributed by atoms with E-state index in [1.54, 1.807) is 0 Å². The summed E-state index contributed by atoms with van der Waals surface area (Å²) in [6.07, 6.45) is 6.72. The molecule has 0 aliphatic heterocycles. The highest BCUT2D eigenvalue weighted by atomic mass is 14.8. The standard InChI is InChI=1S/C28H23N3/c1-4-10-24-17(7-1)22(15-29-24)19-13-14-20(23-16-30-25-11-5-2-8-18(23)25)28-27(19)21-9-3-6-12-26(21)31-28/h1-12,15-16,19-20,29-31H,13-14H2/t19-,20-/m0/s1. The van der Waals surface area contributed by atoms with Gasteiger partial charge < -0.3 is 15.0 Å². The molecule has 0 radical (unpaired) electrons. The normalized spacial score (nSPS) is 18.7. The van der Waals surface area contributed by atoms with Gasteiger partial charge in [0.25, 0.3) is 0 Å². The first-order chi connectivity index (χ1) is 15.4. The Morgan fingerprint density at radius 2 is 1.06 bits per heavy atom. The number of H-pyrrole nitrogens is 3.